The zero-order valence-corrected chi connectivity index (χ0v) is 12.5. The molecule has 1 N–H and O–H groups in total. The van der Waals surface area contributed by atoms with E-state index in [2.05, 4.69) is 84.2 Å². The third-order valence-electron chi connectivity index (χ3n) is 4.25. The molecule has 0 radical (unpaired) electrons. The van der Waals surface area contributed by atoms with Crippen LogP contribution >= 0.6 is 0 Å². The Labute approximate surface area is 130 Å². The first-order chi connectivity index (χ1) is 10.9. The lowest BCUT2D eigenvalue weighted by Crippen LogP contribution is -1.88. The first-order valence-corrected chi connectivity index (χ1v) is 7.55. The van der Waals surface area contributed by atoms with Crippen molar-refractivity contribution in [1.29, 1.82) is 0 Å². The summed E-state index contributed by atoms with van der Waals surface area (Å²) in [6, 6.07) is 28.2. The molecule has 0 amide bonds. The van der Waals surface area contributed by atoms with Gasteiger partial charge in [0.25, 0.3) is 0 Å². The summed E-state index contributed by atoms with van der Waals surface area (Å²) < 4.78 is 0. The molecule has 0 aromatic heterocycles. The SMILES string of the molecule is CNc1ccc(-c2cc3ccccc3c3ccccc23)cc1. The number of fused-ring (bicyclic) bond motifs is 3. The van der Waals surface area contributed by atoms with E-state index in [9.17, 15) is 0 Å². The quantitative estimate of drug-likeness (QED) is 0.465. The van der Waals surface area contributed by atoms with Crippen LogP contribution in [0.1, 0.15) is 0 Å². The third-order valence-corrected chi connectivity index (χ3v) is 4.25. The van der Waals surface area contributed by atoms with Crippen LogP contribution in [0.4, 0.5) is 5.69 Å². The third kappa shape index (κ3) is 2.03. The summed E-state index contributed by atoms with van der Waals surface area (Å²) in [5, 5.41) is 8.39. The van der Waals surface area contributed by atoms with Gasteiger partial charge in [0.05, 0.1) is 0 Å². The van der Waals surface area contributed by atoms with Crippen molar-refractivity contribution in [1.82, 2.24) is 0 Å². The first-order valence-electron chi connectivity index (χ1n) is 7.55. The van der Waals surface area contributed by atoms with Crippen LogP contribution in [-0.2, 0) is 0 Å². The van der Waals surface area contributed by atoms with Gasteiger partial charge in [-0.15, -0.1) is 0 Å². The largest absolute Gasteiger partial charge is 0.388 e. The van der Waals surface area contributed by atoms with E-state index in [0.717, 1.165) is 5.69 Å². The van der Waals surface area contributed by atoms with Crippen LogP contribution < -0.4 is 5.32 Å². The molecule has 0 spiro atoms. The van der Waals surface area contributed by atoms with Crippen LogP contribution in [-0.4, -0.2) is 7.05 Å². The molecule has 0 unspecified atom stereocenters. The van der Waals surface area contributed by atoms with Crippen molar-refractivity contribution in [3.8, 4) is 11.1 Å². The Hall–Kier alpha value is -2.80. The van der Waals surface area contributed by atoms with Gasteiger partial charge in [0.2, 0.25) is 0 Å². The number of nitrogens with one attached hydrogen (secondary N) is 1. The van der Waals surface area contributed by atoms with Gasteiger partial charge in [-0.3, -0.25) is 0 Å². The maximum atomic E-state index is 3.17. The first kappa shape index (κ1) is 12.9. The van der Waals surface area contributed by atoms with Crippen molar-refractivity contribution in [2.45, 2.75) is 0 Å². The van der Waals surface area contributed by atoms with Gasteiger partial charge in [-0.1, -0.05) is 60.7 Å². The maximum Gasteiger partial charge on any atom is 0.0337 e. The second-order valence-corrected chi connectivity index (χ2v) is 5.52. The van der Waals surface area contributed by atoms with Gasteiger partial charge in [0, 0.05) is 12.7 Å². The van der Waals surface area contributed by atoms with Gasteiger partial charge in [-0.25, -0.2) is 0 Å². The molecule has 0 bridgehead atoms. The molecule has 0 aliphatic heterocycles. The average Bonchev–Trinajstić information content (AvgIpc) is 2.61. The van der Waals surface area contributed by atoms with E-state index in [-0.39, 0.29) is 0 Å². The minimum absolute atomic E-state index is 1.13. The molecule has 0 atom stereocenters. The summed E-state index contributed by atoms with van der Waals surface area (Å²) in [5.41, 5.74) is 3.67. The van der Waals surface area contributed by atoms with Crippen molar-refractivity contribution in [2.24, 2.45) is 0 Å². The molecular formula is C21H17N. The highest BCUT2D eigenvalue weighted by Crippen LogP contribution is 2.35. The van der Waals surface area contributed by atoms with Gasteiger partial charge in [-0.2, -0.15) is 0 Å². The molecule has 1 heteroatoms. The minimum Gasteiger partial charge on any atom is -0.388 e. The molecule has 4 aromatic carbocycles. The lowest BCUT2D eigenvalue weighted by atomic mass is 9.93. The van der Waals surface area contributed by atoms with E-state index in [1.165, 1.54) is 32.7 Å². The minimum atomic E-state index is 1.13. The molecule has 0 heterocycles. The number of hydrogen-bond donors (Lipinski definition) is 1. The Morgan fingerprint density at radius 3 is 2.00 bits per heavy atom. The second kappa shape index (κ2) is 5.19. The Morgan fingerprint density at radius 1 is 0.636 bits per heavy atom. The summed E-state index contributed by atoms with van der Waals surface area (Å²) in [7, 11) is 1.94. The molecule has 0 fully saturated rings. The van der Waals surface area contributed by atoms with Gasteiger partial charge in [-0.05, 0) is 50.9 Å². The fourth-order valence-electron chi connectivity index (χ4n) is 3.11. The van der Waals surface area contributed by atoms with Crippen molar-refractivity contribution < 1.29 is 0 Å². The molecule has 0 aliphatic rings. The van der Waals surface area contributed by atoms with E-state index < -0.39 is 0 Å². The molecule has 106 valence electrons. The molecule has 4 aromatic rings. The normalized spacial score (nSPS) is 11.0. The molecule has 0 aliphatic carbocycles. The van der Waals surface area contributed by atoms with Crippen LogP contribution in [0.15, 0.2) is 78.9 Å². The van der Waals surface area contributed by atoms with E-state index in [0.29, 0.717) is 0 Å². The summed E-state index contributed by atoms with van der Waals surface area (Å²) in [6.07, 6.45) is 0. The van der Waals surface area contributed by atoms with E-state index in [1.54, 1.807) is 0 Å². The Morgan fingerprint density at radius 2 is 1.27 bits per heavy atom. The Kier molecular flexibility index (Phi) is 3.05. The van der Waals surface area contributed by atoms with Crippen LogP contribution in [0.5, 0.6) is 0 Å². The molecule has 1 nitrogen and oxygen atoms in total. The summed E-state index contributed by atoms with van der Waals surface area (Å²) in [6.45, 7) is 0. The summed E-state index contributed by atoms with van der Waals surface area (Å²) in [5.74, 6) is 0. The average molecular weight is 283 g/mol. The maximum absolute atomic E-state index is 3.17. The lowest BCUT2D eigenvalue weighted by molar-refractivity contribution is 1.51. The molecule has 4 rings (SSSR count). The number of benzene rings is 4. The van der Waals surface area contributed by atoms with Crippen molar-refractivity contribution in [3.63, 3.8) is 0 Å². The number of hydrogen-bond acceptors (Lipinski definition) is 1. The van der Waals surface area contributed by atoms with Gasteiger partial charge >= 0.3 is 0 Å². The highest BCUT2D eigenvalue weighted by atomic mass is 14.8. The Bertz CT molecular complexity index is 952. The molecule has 22 heavy (non-hydrogen) atoms. The lowest BCUT2D eigenvalue weighted by Gasteiger charge is -2.11. The predicted molar refractivity (Wildman–Crippen MR) is 96.4 cm³/mol. The molecule has 0 saturated carbocycles. The van der Waals surface area contributed by atoms with Crippen LogP contribution in [0, 0.1) is 0 Å². The van der Waals surface area contributed by atoms with E-state index >= 15 is 0 Å². The van der Waals surface area contributed by atoms with E-state index in [1.807, 2.05) is 7.05 Å². The van der Waals surface area contributed by atoms with Gasteiger partial charge in [0.1, 0.15) is 0 Å². The number of anilines is 1. The Balaban J connectivity index is 2.06. The van der Waals surface area contributed by atoms with Crippen molar-refractivity contribution in [3.05, 3.63) is 78.9 Å². The zero-order chi connectivity index (χ0) is 14.9. The second-order valence-electron chi connectivity index (χ2n) is 5.52. The summed E-state index contributed by atoms with van der Waals surface area (Å²) >= 11 is 0. The highest BCUT2D eigenvalue weighted by molar-refractivity contribution is 6.13. The van der Waals surface area contributed by atoms with Crippen LogP contribution in [0.25, 0.3) is 32.7 Å². The van der Waals surface area contributed by atoms with Gasteiger partial charge < -0.3 is 5.32 Å². The standard InChI is InChI=1S/C21H17N/c1-22-17-12-10-15(11-13-17)21-14-16-6-2-3-7-18(16)19-8-4-5-9-20(19)21/h2-14,22H,1H3. The van der Waals surface area contributed by atoms with E-state index in [4.69, 9.17) is 0 Å². The predicted octanol–water partition coefficient (Wildman–Crippen LogP) is 5.70. The van der Waals surface area contributed by atoms with Crippen molar-refractivity contribution in [2.75, 3.05) is 12.4 Å². The van der Waals surface area contributed by atoms with Crippen molar-refractivity contribution >= 4 is 27.2 Å². The highest BCUT2D eigenvalue weighted by Gasteiger charge is 2.07. The topological polar surface area (TPSA) is 12.0 Å². The fraction of sp³-hybridized carbons (Fsp3) is 0.0476. The smallest absolute Gasteiger partial charge is 0.0337 e. The number of rotatable bonds is 2. The van der Waals surface area contributed by atoms with Crippen LogP contribution in [0.3, 0.4) is 0 Å². The van der Waals surface area contributed by atoms with Crippen LogP contribution in [0.2, 0.25) is 0 Å². The summed E-state index contributed by atoms with van der Waals surface area (Å²) in [4.78, 5) is 0. The van der Waals surface area contributed by atoms with Gasteiger partial charge in [0.15, 0.2) is 0 Å². The fourth-order valence-corrected chi connectivity index (χ4v) is 3.11. The molecule has 0 saturated heterocycles. The zero-order valence-electron chi connectivity index (χ0n) is 12.5. The monoisotopic (exact) mass is 283 g/mol. The molecular weight excluding hydrogens is 266 g/mol.